The summed E-state index contributed by atoms with van der Waals surface area (Å²) in [6.45, 7) is 0. The number of anilines is 1. The Morgan fingerprint density at radius 1 is 1.20 bits per heavy atom. The number of methoxy groups -OCH3 is 1. The first kappa shape index (κ1) is 13.8. The van der Waals surface area contributed by atoms with Crippen LogP contribution in [0.4, 0.5) is 5.69 Å². The Hall–Kier alpha value is -2.63. The average Bonchev–Trinajstić information content (AvgIpc) is 2.49. The van der Waals surface area contributed by atoms with Gasteiger partial charge in [-0.05, 0) is 12.1 Å². The lowest BCUT2D eigenvalue weighted by molar-refractivity contribution is 0.396. The van der Waals surface area contributed by atoms with Crippen LogP contribution in [0.1, 0.15) is 11.3 Å². The second-order valence-electron chi connectivity index (χ2n) is 4.36. The number of rotatable bonds is 4. The van der Waals surface area contributed by atoms with Gasteiger partial charge in [0.25, 0.3) is 0 Å². The van der Waals surface area contributed by atoms with E-state index in [2.05, 4.69) is 15.1 Å². The Bertz CT molecular complexity index is 607. The molecule has 104 valence electrons. The SMILES string of the molecule is COc1cc(/C(=N/N)c2ccc(N(C)C)cc2)ncn1. The minimum Gasteiger partial charge on any atom is -0.481 e. The molecular formula is C14H17N5O. The molecule has 0 saturated heterocycles. The first-order valence-electron chi connectivity index (χ1n) is 6.07. The van der Waals surface area contributed by atoms with E-state index in [0.717, 1.165) is 11.3 Å². The number of nitrogens with two attached hydrogens (primary N) is 1. The van der Waals surface area contributed by atoms with Crippen LogP contribution in [-0.4, -0.2) is 36.9 Å². The minimum absolute atomic E-state index is 0.473. The maximum Gasteiger partial charge on any atom is 0.216 e. The number of aromatic nitrogens is 2. The molecule has 20 heavy (non-hydrogen) atoms. The second-order valence-corrected chi connectivity index (χ2v) is 4.36. The summed E-state index contributed by atoms with van der Waals surface area (Å²) >= 11 is 0. The fraction of sp³-hybridized carbons (Fsp3) is 0.214. The summed E-state index contributed by atoms with van der Waals surface area (Å²) in [6, 6.07) is 9.61. The average molecular weight is 271 g/mol. The molecule has 1 aromatic carbocycles. The largest absolute Gasteiger partial charge is 0.481 e. The molecule has 2 N–H and O–H groups in total. The fourth-order valence-electron chi connectivity index (χ4n) is 1.79. The summed E-state index contributed by atoms with van der Waals surface area (Å²) in [5, 5.41) is 3.84. The molecule has 1 aromatic heterocycles. The summed E-state index contributed by atoms with van der Waals surface area (Å²) in [5.74, 6) is 5.98. The van der Waals surface area contributed by atoms with Crippen molar-refractivity contribution in [2.45, 2.75) is 0 Å². The van der Waals surface area contributed by atoms with E-state index in [0.29, 0.717) is 17.3 Å². The zero-order valence-corrected chi connectivity index (χ0v) is 11.7. The predicted octanol–water partition coefficient (Wildman–Crippen LogP) is 1.26. The van der Waals surface area contributed by atoms with Crippen LogP contribution in [0.5, 0.6) is 5.88 Å². The second kappa shape index (κ2) is 6.01. The van der Waals surface area contributed by atoms with Gasteiger partial charge in [-0.1, -0.05) is 12.1 Å². The molecule has 0 fully saturated rings. The third-order valence-electron chi connectivity index (χ3n) is 2.88. The molecule has 1 heterocycles. The molecule has 0 unspecified atom stereocenters. The van der Waals surface area contributed by atoms with Crippen molar-refractivity contribution in [3.63, 3.8) is 0 Å². The molecule has 6 nitrogen and oxygen atoms in total. The van der Waals surface area contributed by atoms with Crippen molar-refractivity contribution in [2.75, 3.05) is 26.1 Å². The quantitative estimate of drug-likeness (QED) is 0.514. The Balaban J connectivity index is 2.37. The van der Waals surface area contributed by atoms with Crippen molar-refractivity contribution >= 4 is 11.4 Å². The van der Waals surface area contributed by atoms with Crippen molar-refractivity contribution in [1.82, 2.24) is 9.97 Å². The molecule has 0 atom stereocenters. The summed E-state index contributed by atoms with van der Waals surface area (Å²) in [6.07, 6.45) is 1.42. The van der Waals surface area contributed by atoms with Crippen LogP contribution in [0.3, 0.4) is 0 Å². The highest BCUT2D eigenvalue weighted by Gasteiger charge is 2.10. The molecule has 0 aliphatic heterocycles. The topological polar surface area (TPSA) is 76.6 Å². The van der Waals surface area contributed by atoms with Gasteiger partial charge in [-0.15, -0.1) is 0 Å². The van der Waals surface area contributed by atoms with Crippen molar-refractivity contribution < 1.29 is 4.74 Å². The minimum atomic E-state index is 0.473. The van der Waals surface area contributed by atoms with Crippen molar-refractivity contribution in [3.8, 4) is 5.88 Å². The lowest BCUT2D eigenvalue weighted by Crippen LogP contribution is -2.11. The Kier molecular flexibility index (Phi) is 4.14. The van der Waals surface area contributed by atoms with E-state index in [4.69, 9.17) is 10.6 Å². The monoisotopic (exact) mass is 271 g/mol. The van der Waals surface area contributed by atoms with Crippen molar-refractivity contribution in [1.29, 1.82) is 0 Å². The van der Waals surface area contributed by atoms with Crippen LogP contribution in [0, 0.1) is 0 Å². The van der Waals surface area contributed by atoms with Crippen LogP contribution < -0.4 is 15.5 Å². The highest BCUT2D eigenvalue weighted by atomic mass is 16.5. The van der Waals surface area contributed by atoms with E-state index in [1.807, 2.05) is 43.3 Å². The van der Waals surface area contributed by atoms with Crippen LogP contribution in [0.25, 0.3) is 0 Å². The molecule has 0 amide bonds. The number of hydrogen-bond donors (Lipinski definition) is 1. The van der Waals surface area contributed by atoms with E-state index < -0.39 is 0 Å². The highest BCUT2D eigenvalue weighted by molar-refractivity contribution is 6.11. The van der Waals surface area contributed by atoms with E-state index >= 15 is 0 Å². The van der Waals surface area contributed by atoms with Crippen molar-refractivity contribution in [2.24, 2.45) is 10.9 Å². The predicted molar refractivity (Wildman–Crippen MR) is 79.2 cm³/mol. The normalized spacial score (nSPS) is 11.2. The third-order valence-corrected chi connectivity index (χ3v) is 2.88. The highest BCUT2D eigenvalue weighted by Crippen LogP contribution is 2.16. The van der Waals surface area contributed by atoms with E-state index in [1.165, 1.54) is 6.33 Å². The van der Waals surface area contributed by atoms with Gasteiger partial charge in [0.2, 0.25) is 5.88 Å². The molecule has 0 aliphatic carbocycles. The molecule has 6 heteroatoms. The third kappa shape index (κ3) is 2.85. The summed E-state index contributed by atoms with van der Waals surface area (Å²) < 4.78 is 5.08. The number of hydrazone groups is 1. The molecule has 0 aliphatic rings. The fourth-order valence-corrected chi connectivity index (χ4v) is 1.79. The molecule has 0 saturated carbocycles. The summed E-state index contributed by atoms with van der Waals surface area (Å²) in [5.41, 5.74) is 3.21. The summed E-state index contributed by atoms with van der Waals surface area (Å²) in [4.78, 5) is 10.2. The smallest absolute Gasteiger partial charge is 0.216 e. The van der Waals surface area contributed by atoms with Gasteiger partial charge < -0.3 is 15.5 Å². The van der Waals surface area contributed by atoms with Crippen LogP contribution in [-0.2, 0) is 0 Å². The molecular weight excluding hydrogens is 254 g/mol. The molecule has 0 spiro atoms. The number of benzene rings is 1. The number of ether oxygens (including phenoxy) is 1. The zero-order chi connectivity index (χ0) is 14.5. The first-order valence-corrected chi connectivity index (χ1v) is 6.07. The Morgan fingerprint density at radius 2 is 1.90 bits per heavy atom. The van der Waals surface area contributed by atoms with Crippen molar-refractivity contribution in [3.05, 3.63) is 47.9 Å². The van der Waals surface area contributed by atoms with E-state index in [-0.39, 0.29) is 0 Å². The van der Waals surface area contributed by atoms with Crippen LogP contribution in [0.2, 0.25) is 0 Å². The lowest BCUT2D eigenvalue weighted by Gasteiger charge is -2.13. The van der Waals surface area contributed by atoms with Gasteiger partial charge >= 0.3 is 0 Å². The lowest BCUT2D eigenvalue weighted by atomic mass is 10.1. The van der Waals surface area contributed by atoms with E-state index in [9.17, 15) is 0 Å². The number of nitrogens with zero attached hydrogens (tertiary/aromatic N) is 4. The summed E-state index contributed by atoms with van der Waals surface area (Å²) in [7, 11) is 5.53. The maximum atomic E-state index is 5.50. The standard InChI is InChI=1S/C14H17N5O/c1-19(2)11-6-4-10(5-7-11)14(18-15)12-8-13(20-3)17-9-16-12/h4-9H,15H2,1-3H3/b18-14+. The van der Waals surface area contributed by atoms with Gasteiger partial charge in [0, 0.05) is 31.4 Å². The van der Waals surface area contributed by atoms with Crippen LogP contribution >= 0.6 is 0 Å². The Morgan fingerprint density at radius 3 is 2.45 bits per heavy atom. The van der Waals surface area contributed by atoms with Gasteiger partial charge in [0.15, 0.2) is 0 Å². The zero-order valence-electron chi connectivity index (χ0n) is 11.7. The first-order chi connectivity index (χ1) is 9.65. The van der Waals surface area contributed by atoms with Gasteiger partial charge in [-0.3, -0.25) is 0 Å². The van der Waals surface area contributed by atoms with Gasteiger partial charge in [0.05, 0.1) is 12.8 Å². The van der Waals surface area contributed by atoms with Gasteiger partial charge in [0.1, 0.15) is 12.0 Å². The van der Waals surface area contributed by atoms with Crippen LogP contribution in [0.15, 0.2) is 41.8 Å². The molecule has 0 radical (unpaired) electrons. The van der Waals surface area contributed by atoms with Gasteiger partial charge in [-0.25, -0.2) is 9.97 Å². The Labute approximate surface area is 117 Å². The molecule has 0 bridgehead atoms. The maximum absolute atomic E-state index is 5.50. The number of hydrogen-bond acceptors (Lipinski definition) is 6. The molecule has 2 rings (SSSR count). The van der Waals surface area contributed by atoms with Gasteiger partial charge in [-0.2, -0.15) is 5.10 Å². The van der Waals surface area contributed by atoms with E-state index in [1.54, 1.807) is 13.2 Å². The molecule has 2 aromatic rings.